The minimum Gasteiger partial charge on any atom is -0.489 e. The fraction of sp³-hybridized carbons (Fsp3) is 0.441. The second kappa shape index (κ2) is 14.9. The number of halogens is 4. The van der Waals surface area contributed by atoms with Crippen LogP contribution in [-0.2, 0) is 14.3 Å². The lowest BCUT2D eigenvalue weighted by Crippen LogP contribution is -2.53. The normalized spacial score (nSPS) is 17.1. The average Bonchev–Trinajstić information content (AvgIpc) is 4.04. The Bertz CT molecular complexity index is 1810. The van der Waals surface area contributed by atoms with E-state index in [4.69, 9.17) is 19.6 Å². The van der Waals surface area contributed by atoms with Crippen molar-refractivity contribution in [3.8, 4) is 23.0 Å². The number of piperazine rings is 1. The zero-order chi connectivity index (χ0) is 36.4. The van der Waals surface area contributed by atoms with Crippen LogP contribution in [0.1, 0.15) is 66.6 Å². The summed E-state index contributed by atoms with van der Waals surface area (Å²) in [6, 6.07) is 4.71. The summed E-state index contributed by atoms with van der Waals surface area (Å²) in [5.74, 6) is -4.38. The number of primary amides is 1. The molecular weight excluding hydrogens is 682 g/mol. The topological polar surface area (TPSA) is 167 Å². The summed E-state index contributed by atoms with van der Waals surface area (Å²) in [5, 5.41) is 2.47. The van der Waals surface area contributed by atoms with E-state index < -0.39 is 54.0 Å². The molecule has 2 atom stereocenters. The van der Waals surface area contributed by atoms with Gasteiger partial charge >= 0.3 is 12.7 Å². The molecule has 1 unspecified atom stereocenters. The summed E-state index contributed by atoms with van der Waals surface area (Å²) in [5.41, 5.74) is 4.54. The number of benzene rings is 2. The first-order chi connectivity index (χ1) is 24.4. The van der Waals surface area contributed by atoms with Crippen molar-refractivity contribution in [2.75, 3.05) is 32.8 Å². The van der Waals surface area contributed by atoms with Gasteiger partial charge < -0.3 is 39.5 Å². The Morgan fingerprint density at radius 2 is 1.69 bits per heavy atom. The lowest BCUT2D eigenvalue weighted by molar-refractivity contribution is -0.141. The molecular formula is C34H35F4N5O8. The first-order valence-electron chi connectivity index (χ1n) is 16.4. The molecule has 0 bridgehead atoms. The molecule has 272 valence electrons. The van der Waals surface area contributed by atoms with Crippen molar-refractivity contribution < 1.29 is 55.4 Å². The predicted molar refractivity (Wildman–Crippen MR) is 168 cm³/mol. The number of rotatable bonds is 13. The van der Waals surface area contributed by atoms with Crippen LogP contribution in [0.4, 0.5) is 22.4 Å². The molecule has 6 rings (SSSR count). The van der Waals surface area contributed by atoms with Crippen molar-refractivity contribution >= 4 is 23.8 Å². The van der Waals surface area contributed by atoms with Crippen LogP contribution < -0.4 is 20.5 Å². The number of nitrogens with one attached hydrogen (secondary N) is 1. The largest absolute Gasteiger partial charge is 0.489 e. The minimum absolute atomic E-state index is 0.0102. The zero-order valence-electron chi connectivity index (χ0n) is 27.4. The standard InChI is InChI=1S/C34H35F4N5O8/c1-17(49-34(39)47)28-27(41-30(51-28)20-6-9-24(50-33(37)38)25(14-20)48-16-18-2-3-18)29(44)40-26(22-8-7-21(35)15-23(22)36)32(46)43-12-10-42(11-13-43)31(45)19-4-5-19/h6-9,14-15,17-19,26,33H,2-5,10-13,16H2,1H3,(H2,39,47)(H,40,44)/t17-,26?/m0/s1. The summed E-state index contributed by atoms with van der Waals surface area (Å²) >= 11 is 0. The number of amides is 4. The van der Waals surface area contributed by atoms with Crippen LogP contribution in [0.25, 0.3) is 11.5 Å². The number of hydrogen-bond acceptors (Lipinski definition) is 9. The Morgan fingerprint density at radius 1 is 0.980 bits per heavy atom. The van der Waals surface area contributed by atoms with Crippen molar-refractivity contribution in [3.05, 3.63) is 65.1 Å². The molecule has 13 nitrogen and oxygen atoms in total. The van der Waals surface area contributed by atoms with Crippen molar-refractivity contribution in [3.63, 3.8) is 0 Å². The SMILES string of the molecule is C[C@H](OC(N)=O)c1oc(-c2ccc(OC(F)F)c(OCC3CC3)c2)nc1C(=O)NC(C(=O)N1CCN(C(=O)C2CC2)CC1)c1ccc(F)cc1F. The van der Waals surface area contributed by atoms with Gasteiger partial charge in [0.05, 0.1) is 6.61 Å². The second-order valence-corrected chi connectivity index (χ2v) is 12.6. The highest BCUT2D eigenvalue weighted by Crippen LogP contribution is 2.38. The van der Waals surface area contributed by atoms with Gasteiger partial charge in [0.2, 0.25) is 17.7 Å². The fourth-order valence-corrected chi connectivity index (χ4v) is 5.69. The van der Waals surface area contributed by atoms with Gasteiger partial charge in [0.25, 0.3) is 5.91 Å². The first kappa shape index (κ1) is 35.5. The molecule has 2 aromatic carbocycles. The Hall–Kier alpha value is -5.35. The summed E-state index contributed by atoms with van der Waals surface area (Å²) in [4.78, 5) is 59.4. The van der Waals surface area contributed by atoms with Crippen LogP contribution >= 0.6 is 0 Å². The van der Waals surface area contributed by atoms with E-state index in [0.717, 1.165) is 37.8 Å². The molecule has 1 aliphatic heterocycles. The summed E-state index contributed by atoms with van der Waals surface area (Å²) in [6.45, 7) is -0.874. The maximum atomic E-state index is 15.2. The molecule has 2 aliphatic carbocycles. The van der Waals surface area contributed by atoms with Crippen molar-refractivity contribution in [1.82, 2.24) is 20.1 Å². The Kier molecular flexibility index (Phi) is 10.3. The highest BCUT2D eigenvalue weighted by molar-refractivity contribution is 5.98. The monoisotopic (exact) mass is 717 g/mol. The van der Waals surface area contributed by atoms with Gasteiger partial charge in [-0.25, -0.2) is 18.6 Å². The van der Waals surface area contributed by atoms with Crippen LogP contribution in [0, 0.1) is 23.5 Å². The minimum atomic E-state index is -3.13. The van der Waals surface area contributed by atoms with E-state index in [2.05, 4.69) is 15.0 Å². The molecule has 17 heteroatoms. The van der Waals surface area contributed by atoms with Crippen molar-refractivity contribution in [1.29, 1.82) is 0 Å². The maximum Gasteiger partial charge on any atom is 0.405 e. The van der Waals surface area contributed by atoms with Gasteiger partial charge in [-0.05, 0) is 62.8 Å². The lowest BCUT2D eigenvalue weighted by Gasteiger charge is -2.36. The van der Waals surface area contributed by atoms with E-state index in [1.165, 1.54) is 30.0 Å². The number of carbonyl (C=O) groups excluding carboxylic acids is 4. The third-order valence-electron chi connectivity index (χ3n) is 8.73. The van der Waals surface area contributed by atoms with Crippen LogP contribution in [0.2, 0.25) is 0 Å². The fourth-order valence-electron chi connectivity index (χ4n) is 5.69. The van der Waals surface area contributed by atoms with E-state index in [1.807, 2.05) is 0 Å². The van der Waals surface area contributed by atoms with Crippen LogP contribution in [-0.4, -0.2) is 78.0 Å². The van der Waals surface area contributed by atoms with Crippen LogP contribution in [0.5, 0.6) is 11.5 Å². The molecule has 3 fully saturated rings. The summed E-state index contributed by atoms with van der Waals surface area (Å²) in [7, 11) is 0. The number of ether oxygens (including phenoxy) is 3. The Morgan fingerprint density at radius 3 is 2.31 bits per heavy atom. The molecule has 4 amide bonds. The highest BCUT2D eigenvalue weighted by Gasteiger charge is 2.38. The van der Waals surface area contributed by atoms with Crippen molar-refractivity contribution in [2.45, 2.75) is 51.4 Å². The van der Waals surface area contributed by atoms with E-state index >= 15 is 4.39 Å². The molecule has 3 N–H and O–H groups in total. The summed E-state index contributed by atoms with van der Waals surface area (Å²) in [6.07, 6.45) is 0.969. The van der Waals surface area contributed by atoms with Gasteiger partial charge in [0, 0.05) is 49.3 Å². The molecule has 2 saturated carbocycles. The van der Waals surface area contributed by atoms with Gasteiger partial charge in [0.15, 0.2) is 29.1 Å². The Labute approximate surface area is 289 Å². The first-order valence-corrected chi connectivity index (χ1v) is 16.4. The molecule has 2 heterocycles. The van der Waals surface area contributed by atoms with Crippen molar-refractivity contribution in [2.24, 2.45) is 17.6 Å². The molecule has 0 spiro atoms. The Balaban J connectivity index is 1.30. The zero-order valence-corrected chi connectivity index (χ0v) is 27.4. The van der Waals surface area contributed by atoms with E-state index in [0.29, 0.717) is 6.07 Å². The summed E-state index contributed by atoms with van der Waals surface area (Å²) < 4.78 is 76.5. The number of aromatic nitrogens is 1. The number of carbonyl (C=O) groups is 4. The maximum absolute atomic E-state index is 15.2. The number of nitrogens with zero attached hydrogens (tertiary/aromatic N) is 3. The van der Waals surface area contributed by atoms with Crippen LogP contribution in [0.15, 0.2) is 40.8 Å². The molecule has 1 aromatic heterocycles. The lowest BCUT2D eigenvalue weighted by atomic mass is 10.0. The molecule has 51 heavy (non-hydrogen) atoms. The highest BCUT2D eigenvalue weighted by atomic mass is 19.3. The average molecular weight is 718 g/mol. The second-order valence-electron chi connectivity index (χ2n) is 12.6. The molecule has 0 radical (unpaired) electrons. The van der Waals surface area contributed by atoms with E-state index in [9.17, 15) is 32.3 Å². The van der Waals surface area contributed by atoms with Gasteiger partial charge in [-0.2, -0.15) is 8.78 Å². The van der Waals surface area contributed by atoms with Gasteiger partial charge in [-0.3, -0.25) is 14.4 Å². The van der Waals surface area contributed by atoms with E-state index in [1.54, 1.807) is 4.90 Å². The van der Waals surface area contributed by atoms with Gasteiger partial charge in [0.1, 0.15) is 17.7 Å². The van der Waals surface area contributed by atoms with Gasteiger partial charge in [-0.15, -0.1) is 0 Å². The predicted octanol–water partition coefficient (Wildman–Crippen LogP) is 4.72. The number of alkyl halides is 2. The smallest absolute Gasteiger partial charge is 0.405 e. The molecule has 1 saturated heterocycles. The van der Waals surface area contributed by atoms with Crippen LogP contribution in [0.3, 0.4) is 0 Å². The third-order valence-corrected chi connectivity index (χ3v) is 8.73. The van der Waals surface area contributed by atoms with E-state index in [-0.39, 0.29) is 84.8 Å². The molecule has 3 aromatic rings. The van der Waals surface area contributed by atoms with Gasteiger partial charge in [-0.1, -0.05) is 6.07 Å². The number of oxazole rings is 1. The number of hydrogen-bond donors (Lipinski definition) is 2. The quantitative estimate of drug-likeness (QED) is 0.238. The molecule has 3 aliphatic rings. The third kappa shape index (κ3) is 8.52. The number of nitrogens with two attached hydrogens (primary N) is 1.